The molecule has 0 spiro atoms. The van der Waals surface area contributed by atoms with E-state index in [2.05, 4.69) is 30.5 Å². The molecule has 0 bridgehead atoms. The van der Waals surface area contributed by atoms with Gasteiger partial charge in [-0.05, 0) is 30.3 Å². The van der Waals surface area contributed by atoms with Crippen molar-refractivity contribution in [1.29, 1.82) is 0 Å². The van der Waals surface area contributed by atoms with Gasteiger partial charge in [0.15, 0.2) is 0 Å². The van der Waals surface area contributed by atoms with E-state index in [9.17, 15) is 0 Å². The van der Waals surface area contributed by atoms with Crippen LogP contribution in [0.5, 0.6) is 0 Å². The number of hydrogen-bond acceptors (Lipinski definition) is 2. The van der Waals surface area contributed by atoms with Crippen molar-refractivity contribution in [2.24, 2.45) is 0 Å². The second-order valence-corrected chi connectivity index (χ2v) is 6.16. The quantitative estimate of drug-likeness (QED) is 0.642. The number of nitrogens with zero attached hydrogens (tertiary/aromatic N) is 2. The molecule has 2 heterocycles. The van der Waals surface area contributed by atoms with Gasteiger partial charge in [0.1, 0.15) is 0 Å². The molecule has 0 radical (unpaired) electrons. The van der Waals surface area contributed by atoms with Crippen molar-refractivity contribution in [2.45, 2.75) is 10.6 Å². The van der Waals surface area contributed by atoms with Crippen LogP contribution in [-0.2, 0) is 5.75 Å². The van der Waals surface area contributed by atoms with Crippen LogP contribution < -0.4 is 0 Å². The number of rotatable bonds is 1. The fourth-order valence-corrected chi connectivity index (χ4v) is 3.56. The smallest absolute Gasteiger partial charge is 0.0979 e. The second kappa shape index (κ2) is 4.69. The highest BCUT2D eigenvalue weighted by Crippen LogP contribution is 2.40. The van der Waals surface area contributed by atoms with E-state index < -0.39 is 0 Å². The van der Waals surface area contributed by atoms with E-state index >= 15 is 0 Å². The third kappa shape index (κ3) is 1.94. The highest BCUT2D eigenvalue weighted by molar-refractivity contribution is 7.98. The van der Waals surface area contributed by atoms with Gasteiger partial charge in [0.25, 0.3) is 0 Å². The summed E-state index contributed by atoms with van der Waals surface area (Å²) in [6, 6.07) is 16.2. The van der Waals surface area contributed by atoms with Crippen LogP contribution in [-0.4, -0.2) is 9.78 Å². The largest absolute Gasteiger partial charge is 0.240 e. The molecular formula is C16H11ClN2S. The molecule has 2 nitrogen and oxygen atoms in total. The molecule has 4 rings (SSSR count). The molecule has 1 aliphatic rings. The van der Waals surface area contributed by atoms with E-state index in [0.717, 1.165) is 22.2 Å². The Labute approximate surface area is 126 Å². The molecule has 0 amide bonds. The van der Waals surface area contributed by atoms with Gasteiger partial charge in [0.05, 0.1) is 11.4 Å². The van der Waals surface area contributed by atoms with E-state index in [1.165, 1.54) is 16.0 Å². The maximum atomic E-state index is 5.93. The monoisotopic (exact) mass is 298 g/mol. The molecule has 2 aromatic carbocycles. The molecule has 0 aliphatic carbocycles. The van der Waals surface area contributed by atoms with Crippen molar-refractivity contribution in [1.82, 2.24) is 9.78 Å². The molecule has 3 aromatic rings. The summed E-state index contributed by atoms with van der Waals surface area (Å²) in [4.78, 5) is 1.31. The van der Waals surface area contributed by atoms with Crippen molar-refractivity contribution >= 4 is 23.4 Å². The standard InChI is InChI=1S/C16H11ClN2S/c17-12-5-7-13(8-6-12)19-9-11-10-20-15-4-2-1-3-14(15)16(11)18-19/h1-9H,10H2. The summed E-state index contributed by atoms with van der Waals surface area (Å²) in [5.41, 5.74) is 4.63. The van der Waals surface area contributed by atoms with E-state index in [0.29, 0.717) is 0 Å². The van der Waals surface area contributed by atoms with Gasteiger partial charge in [-0.15, -0.1) is 11.8 Å². The predicted molar refractivity (Wildman–Crippen MR) is 83.6 cm³/mol. The lowest BCUT2D eigenvalue weighted by molar-refractivity contribution is 0.883. The molecule has 0 atom stereocenters. The normalized spacial score (nSPS) is 12.8. The Hall–Kier alpha value is -1.71. The Morgan fingerprint density at radius 3 is 2.70 bits per heavy atom. The molecule has 1 aromatic heterocycles. The van der Waals surface area contributed by atoms with Crippen molar-refractivity contribution in [3.8, 4) is 16.9 Å². The molecular weight excluding hydrogens is 288 g/mol. The van der Waals surface area contributed by atoms with E-state index in [-0.39, 0.29) is 0 Å². The van der Waals surface area contributed by atoms with Gasteiger partial charge in [-0.2, -0.15) is 5.10 Å². The van der Waals surface area contributed by atoms with E-state index in [4.69, 9.17) is 16.7 Å². The Bertz CT molecular complexity index is 777. The summed E-state index contributed by atoms with van der Waals surface area (Å²) in [5, 5.41) is 5.49. The van der Waals surface area contributed by atoms with Crippen LogP contribution in [0.3, 0.4) is 0 Å². The fraction of sp³-hybridized carbons (Fsp3) is 0.0625. The zero-order valence-electron chi connectivity index (χ0n) is 10.6. The minimum Gasteiger partial charge on any atom is -0.240 e. The Morgan fingerprint density at radius 2 is 1.85 bits per heavy atom. The molecule has 0 unspecified atom stereocenters. The number of benzene rings is 2. The molecule has 0 N–H and O–H groups in total. The van der Waals surface area contributed by atoms with Gasteiger partial charge in [0.2, 0.25) is 0 Å². The van der Waals surface area contributed by atoms with Gasteiger partial charge < -0.3 is 0 Å². The van der Waals surface area contributed by atoms with Crippen molar-refractivity contribution < 1.29 is 0 Å². The first-order valence-electron chi connectivity index (χ1n) is 6.38. The van der Waals surface area contributed by atoms with Crippen molar-refractivity contribution in [3.63, 3.8) is 0 Å². The highest BCUT2D eigenvalue weighted by Gasteiger charge is 2.20. The summed E-state index contributed by atoms with van der Waals surface area (Å²) in [7, 11) is 0. The number of fused-ring (bicyclic) bond motifs is 3. The molecule has 0 fully saturated rings. The van der Waals surface area contributed by atoms with E-state index in [1.807, 2.05) is 40.7 Å². The Morgan fingerprint density at radius 1 is 1.05 bits per heavy atom. The molecule has 0 saturated carbocycles. The third-order valence-corrected chi connectivity index (χ3v) is 4.78. The number of thioether (sulfide) groups is 1. The number of halogens is 1. The van der Waals surface area contributed by atoms with Gasteiger partial charge in [0, 0.05) is 33.0 Å². The number of hydrogen-bond donors (Lipinski definition) is 0. The topological polar surface area (TPSA) is 17.8 Å². The van der Waals surface area contributed by atoms with Crippen LogP contribution in [0, 0.1) is 0 Å². The lowest BCUT2D eigenvalue weighted by Crippen LogP contribution is -1.95. The maximum Gasteiger partial charge on any atom is 0.0979 e. The summed E-state index contributed by atoms with van der Waals surface area (Å²) in [6.07, 6.45) is 2.11. The zero-order chi connectivity index (χ0) is 13.5. The average Bonchev–Trinajstić information content (AvgIpc) is 2.92. The summed E-state index contributed by atoms with van der Waals surface area (Å²) >= 11 is 7.80. The van der Waals surface area contributed by atoms with Crippen LogP contribution >= 0.6 is 23.4 Å². The third-order valence-electron chi connectivity index (χ3n) is 3.41. The molecule has 4 heteroatoms. The SMILES string of the molecule is Clc1ccc(-n2cc3c(n2)-c2ccccc2SC3)cc1. The first-order chi connectivity index (χ1) is 9.81. The van der Waals surface area contributed by atoms with Gasteiger partial charge in [-0.3, -0.25) is 0 Å². The van der Waals surface area contributed by atoms with Crippen LogP contribution in [0.15, 0.2) is 59.6 Å². The lowest BCUT2D eigenvalue weighted by Gasteiger charge is -2.13. The zero-order valence-corrected chi connectivity index (χ0v) is 12.2. The van der Waals surface area contributed by atoms with Gasteiger partial charge >= 0.3 is 0 Å². The van der Waals surface area contributed by atoms with Crippen molar-refractivity contribution in [2.75, 3.05) is 0 Å². The average molecular weight is 299 g/mol. The molecule has 0 saturated heterocycles. The van der Waals surface area contributed by atoms with Crippen LogP contribution in [0.25, 0.3) is 16.9 Å². The lowest BCUT2D eigenvalue weighted by atomic mass is 10.1. The second-order valence-electron chi connectivity index (χ2n) is 4.71. The first kappa shape index (κ1) is 12.1. The van der Waals surface area contributed by atoms with Crippen LogP contribution in [0.4, 0.5) is 0 Å². The van der Waals surface area contributed by atoms with Crippen LogP contribution in [0.2, 0.25) is 5.02 Å². The molecule has 98 valence electrons. The minimum atomic E-state index is 0.742. The van der Waals surface area contributed by atoms with Crippen LogP contribution in [0.1, 0.15) is 5.56 Å². The van der Waals surface area contributed by atoms with E-state index in [1.54, 1.807) is 0 Å². The van der Waals surface area contributed by atoms with Gasteiger partial charge in [-0.1, -0.05) is 29.8 Å². The van der Waals surface area contributed by atoms with Crippen molar-refractivity contribution in [3.05, 3.63) is 65.3 Å². The summed E-state index contributed by atoms with van der Waals surface area (Å²) in [5.74, 6) is 0.972. The van der Waals surface area contributed by atoms with Gasteiger partial charge in [-0.25, -0.2) is 4.68 Å². The fourth-order valence-electron chi connectivity index (χ4n) is 2.41. The number of aromatic nitrogens is 2. The Balaban J connectivity index is 1.84. The first-order valence-corrected chi connectivity index (χ1v) is 7.74. The molecule has 20 heavy (non-hydrogen) atoms. The highest BCUT2D eigenvalue weighted by atomic mass is 35.5. The summed E-state index contributed by atoms with van der Waals surface area (Å²) in [6.45, 7) is 0. The molecule has 1 aliphatic heterocycles. The maximum absolute atomic E-state index is 5.93. The predicted octanol–water partition coefficient (Wildman–Crippen LogP) is 4.80. The summed E-state index contributed by atoms with van der Waals surface area (Å²) < 4.78 is 1.93. The minimum absolute atomic E-state index is 0.742. The Kier molecular flexibility index (Phi) is 2.83.